The van der Waals surface area contributed by atoms with Gasteiger partial charge in [0.25, 0.3) is 0 Å². The van der Waals surface area contributed by atoms with Crippen LogP contribution >= 0.6 is 11.6 Å². The molecule has 0 bridgehead atoms. The molecule has 6 nitrogen and oxygen atoms in total. The van der Waals surface area contributed by atoms with Crippen LogP contribution in [0.4, 0.5) is 0 Å². The molecular weight excluding hydrogens is 400 g/mol. The van der Waals surface area contributed by atoms with Crippen molar-refractivity contribution in [1.82, 2.24) is 19.2 Å². The first kappa shape index (κ1) is 20.7. The molecule has 0 spiro atoms. The first-order chi connectivity index (χ1) is 14.4. The molecular formula is C23H27ClN4O2. The Morgan fingerprint density at radius 1 is 1.13 bits per heavy atom. The number of aryl methyl sites for hydroxylation is 2. The fraction of sp³-hybridized carbons (Fsp3) is 0.391. The van der Waals surface area contributed by atoms with Crippen molar-refractivity contribution < 1.29 is 9.53 Å². The van der Waals surface area contributed by atoms with Gasteiger partial charge in [-0.15, -0.1) is 0 Å². The number of fused-ring (bicyclic) bond motifs is 1. The Morgan fingerprint density at radius 2 is 1.90 bits per heavy atom. The predicted molar refractivity (Wildman–Crippen MR) is 118 cm³/mol. The maximum absolute atomic E-state index is 12.8. The average molecular weight is 427 g/mol. The van der Waals surface area contributed by atoms with Gasteiger partial charge < -0.3 is 14.0 Å². The topological polar surface area (TPSA) is 50.1 Å². The van der Waals surface area contributed by atoms with Gasteiger partial charge in [-0.25, -0.2) is 4.98 Å². The van der Waals surface area contributed by atoms with Gasteiger partial charge in [-0.1, -0.05) is 11.6 Å². The van der Waals surface area contributed by atoms with Crippen LogP contribution in [-0.4, -0.2) is 58.4 Å². The van der Waals surface area contributed by atoms with E-state index < -0.39 is 0 Å². The molecule has 4 rings (SSSR count). The number of methoxy groups -OCH3 is 1. The van der Waals surface area contributed by atoms with Crippen LogP contribution < -0.4 is 4.74 Å². The minimum Gasteiger partial charge on any atom is -0.496 e. The zero-order valence-corrected chi connectivity index (χ0v) is 18.4. The predicted octanol–water partition coefficient (Wildman–Crippen LogP) is 3.50. The minimum absolute atomic E-state index is 0.108. The number of nitrogens with zero attached hydrogens (tertiary/aromatic N) is 4. The van der Waals surface area contributed by atoms with E-state index in [1.54, 1.807) is 13.2 Å². The summed E-state index contributed by atoms with van der Waals surface area (Å²) in [6.07, 6.45) is 2.40. The van der Waals surface area contributed by atoms with Crippen molar-refractivity contribution in [3.8, 4) is 5.75 Å². The highest BCUT2D eigenvalue weighted by atomic mass is 35.5. The zero-order chi connectivity index (χ0) is 21.3. The van der Waals surface area contributed by atoms with E-state index in [-0.39, 0.29) is 5.91 Å². The Balaban J connectivity index is 1.38. The Labute approximate surface area is 182 Å². The summed E-state index contributed by atoms with van der Waals surface area (Å²) in [5.41, 5.74) is 5.31. The molecule has 3 aromatic rings. The molecule has 0 radical (unpaired) electrons. The summed E-state index contributed by atoms with van der Waals surface area (Å²) in [5, 5.41) is 0.613. The van der Waals surface area contributed by atoms with Gasteiger partial charge in [0.05, 0.1) is 24.9 Å². The van der Waals surface area contributed by atoms with E-state index >= 15 is 0 Å². The van der Waals surface area contributed by atoms with E-state index in [1.165, 1.54) is 11.3 Å². The van der Waals surface area contributed by atoms with Crippen molar-refractivity contribution in [2.24, 2.45) is 0 Å². The maximum atomic E-state index is 12.8. The van der Waals surface area contributed by atoms with Gasteiger partial charge in [-0.05, 0) is 49.7 Å². The number of hydrogen-bond acceptors (Lipinski definition) is 4. The van der Waals surface area contributed by atoms with Gasteiger partial charge in [0, 0.05) is 49.5 Å². The average Bonchev–Trinajstić information content (AvgIpc) is 3.03. The van der Waals surface area contributed by atoms with E-state index in [1.807, 2.05) is 17.0 Å². The number of piperazine rings is 1. The smallest absolute Gasteiger partial charge is 0.227 e. The third kappa shape index (κ3) is 4.30. The van der Waals surface area contributed by atoms with Crippen LogP contribution in [0, 0.1) is 13.8 Å². The first-order valence-corrected chi connectivity index (χ1v) is 10.6. The first-order valence-electron chi connectivity index (χ1n) is 10.2. The SMILES string of the molecule is COc1ccc(Cl)cc1CC(=O)N1CCN(Cc2c(C)nc3cc(C)ccn23)CC1. The second kappa shape index (κ2) is 8.66. The molecule has 0 aliphatic carbocycles. The Kier molecular flexibility index (Phi) is 5.97. The number of carbonyl (C=O) groups excluding carboxylic acids is 1. The molecule has 30 heavy (non-hydrogen) atoms. The Bertz CT molecular complexity index is 1070. The van der Waals surface area contributed by atoms with Crippen molar-refractivity contribution >= 4 is 23.2 Å². The molecule has 0 N–H and O–H groups in total. The molecule has 1 saturated heterocycles. The standard InChI is InChI=1S/C23H27ClN4O2/c1-16-6-7-28-20(17(2)25-22(28)12-16)15-26-8-10-27(11-9-26)23(29)14-18-13-19(24)4-5-21(18)30-3/h4-7,12-13H,8-11,14-15H2,1-3H3. The van der Waals surface area contributed by atoms with Crippen LogP contribution in [0.1, 0.15) is 22.5 Å². The lowest BCUT2D eigenvalue weighted by atomic mass is 10.1. The third-order valence-electron chi connectivity index (χ3n) is 5.76. The molecule has 0 saturated carbocycles. The van der Waals surface area contributed by atoms with Crippen LogP contribution in [0.3, 0.4) is 0 Å². The van der Waals surface area contributed by atoms with E-state index in [0.717, 1.165) is 49.6 Å². The molecule has 3 heterocycles. The molecule has 7 heteroatoms. The summed E-state index contributed by atoms with van der Waals surface area (Å²) < 4.78 is 7.54. The second-order valence-corrected chi connectivity index (χ2v) is 8.30. The number of ether oxygens (including phenoxy) is 1. The molecule has 1 aliphatic heterocycles. The fourth-order valence-electron chi connectivity index (χ4n) is 4.03. The summed E-state index contributed by atoms with van der Waals surface area (Å²) >= 11 is 6.10. The van der Waals surface area contributed by atoms with Gasteiger partial charge in [0.1, 0.15) is 11.4 Å². The lowest BCUT2D eigenvalue weighted by Crippen LogP contribution is -2.48. The number of rotatable bonds is 5. The quantitative estimate of drug-likeness (QED) is 0.626. The van der Waals surface area contributed by atoms with E-state index in [2.05, 4.69) is 41.5 Å². The molecule has 0 unspecified atom stereocenters. The number of pyridine rings is 1. The van der Waals surface area contributed by atoms with E-state index in [0.29, 0.717) is 17.2 Å². The summed E-state index contributed by atoms with van der Waals surface area (Å²) in [5.74, 6) is 0.807. The molecule has 2 aromatic heterocycles. The fourth-order valence-corrected chi connectivity index (χ4v) is 4.23. The van der Waals surface area contributed by atoms with Crippen LogP contribution in [0.2, 0.25) is 5.02 Å². The molecule has 0 atom stereocenters. The molecule has 158 valence electrons. The van der Waals surface area contributed by atoms with Gasteiger partial charge in [0.15, 0.2) is 0 Å². The normalized spacial score (nSPS) is 15.0. The second-order valence-electron chi connectivity index (χ2n) is 7.87. The number of amides is 1. The number of benzene rings is 1. The monoisotopic (exact) mass is 426 g/mol. The number of hydrogen-bond donors (Lipinski definition) is 0. The van der Waals surface area contributed by atoms with Crippen molar-refractivity contribution in [1.29, 1.82) is 0 Å². The molecule has 1 amide bonds. The van der Waals surface area contributed by atoms with E-state index in [4.69, 9.17) is 21.3 Å². The maximum Gasteiger partial charge on any atom is 0.227 e. The van der Waals surface area contributed by atoms with Crippen LogP contribution in [0.25, 0.3) is 5.65 Å². The minimum atomic E-state index is 0.108. The van der Waals surface area contributed by atoms with Crippen LogP contribution in [0.5, 0.6) is 5.75 Å². The van der Waals surface area contributed by atoms with Crippen molar-refractivity contribution in [2.75, 3.05) is 33.3 Å². The number of aromatic nitrogens is 2. The number of carbonyl (C=O) groups is 1. The van der Waals surface area contributed by atoms with Gasteiger partial charge in [-0.3, -0.25) is 9.69 Å². The molecule has 1 fully saturated rings. The third-order valence-corrected chi connectivity index (χ3v) is 6.00. The van der Waals surface area contributed by atoms with Crippen molar-refractivity contribution in [3.63, 3.8) is 0 Å². The number of halogens is 1. The Hall–Kier alpha value is -2.57. The summed E-state index contributed by atoms with van der Waals surface area (Å²) in [7, 11) is 1.61. The Morgan fingerprint density at radius 3 is 2.63 bits per heavy atom. The van der Waals surface area contributed by atoms with Gasteiger partial charge in [-0.2, -0.15) is 0 Å². The van der Waals surface area contributed by atoms with Crippen molar-refractivity contribution in [3.05, 3.63) is 64.1 Å². The van der Waals surface area contributed by atoms with E-state index in [9.17, 15) is 4.79 Å². The molecule has 1 aliphatic rings. The highest BCUT2D eigenvalue weighted by molar-refractivity contribution is 6.30. The lowest BCUT2D eigenvalue weighted by Gasteiger charge is -2.35. The van der Waals surface area contributed by atoms with Crippen LogP contribution in [0.15, 0.2) is 36.5 Å². The van der Waals surface area contributed by atoms with Gasteiger partial charge >= 0.3 is 0 Å². The zero-order valence-electron chi connectivity index (χ0n) is 17.7. The van der Waals surface area contributed by atoms with Crippen molar-refractivity contribution in [2.45, 2.75) is 26.8 Å². The highest BCUT2D eigenvalue weighted by Gasteiger charge is 2.23. The molecule has 1 aromatic carbocycles. The number of imidazole rings is 1. The van der Waals surface area contributed by atoms with Gasteiger partial charge in [0.2, 0.25) is 5.91 Å². The summed E-state index contributed by atoms with van der Waals surface area (Å²) in [6, 6.07) is 9.61. The largest absolute Gasteiger partial charge is 0.496 e. The lowest BCUT2D eigenvalue weighted by molar-refractivity contribution is -0.132. The van der Waals surface area contributed by atoms with Crippen LogP contribution in [-0.2, 0) is 17.8 Å². The summed E-state index contributed by atoms with van der Waals surface area (Å²) in [6.45, 7) is 8.11. The highest BCUT2D eigenvalue weighted by Crippen LogP contribution is 2.24. The summed E-state index contributed by atoms with van der Waals surface area (Å²) in [4.78, 5) is 21.8.